The SMILES string of the molecule is CC(=O)O[C@H]([C@H](OC(C)=O)[C@H](C=O)OC(C)=O)[C@H](OC(C)=O)C(F)F. The second kappa shape index (κ2) is 10.3. The highest BCUT2D eigenvalue weighted by Crippen LogP contribution is 2.22. The minimum Gasteiger partial charge on any atom is -0.454 e. The van der Waals surface area contributed by atoms with Gasteiger partial charge in [0.25, 0.3) is 6.43 Å². The van der Waals surface area contributed by atoms with Gasteiger partial charge in [-0.3, -0.25) is 24.0 Å². The van der Waals surface area contributed by atoms with Gasteiger partial charge in [0.15, 0.2) is 24.6 Å². The van der Waals surface area contributed by atoms with Crippen molar-refractivity contribution < 1.29 is 51.7 Å². The number of rotatable bonds is 9. The summed E-state index contributed by atoms with van der Waals surface area (Å²) in [6.07, 6.45) is -11.7. The van der Waals surface area contributed by atoms with E-state index in [0.717, 1.165) is 27.7 Å². The number of aldehydes is 1. The van der Waals surface area contributed by atoms with E-state index >= 15 is 0 Å². The fourth-order valence-electron chi connectivity index (χ4n) is 1.84. The molecule has 142 valence electrons. The molecule has 0 unspecified atom stereocenters. The Bertz CT molecular complexity index is 520. The molecule has 0 aliphatic rings. The molecular weight excluding hydrogens is 350 g/mol. The summed E-state index contributed by atoms with van der Waals surface area (Å²) in [6.45, 7) is 3.48. The first-order valence-corrected chi connectivity index (χ1v) is 6.91. The first-order chi connectivity index (χ1) is 11.5. The normalized spacial score (nSPS) is 15.3. The molecule has 0 aromatic rings. The molecule has 0 fully saturated rings. The van der Waals surface area contributed by atoms with Gasteiger partial charge in [-0.05, 0) is 0 Å². The maximum absolute atomic E-state index is 13.3. The van der Waals surface area contributed by atoms with Crippen molar-refractivity contribution in [3.63, 3.8) is 0 Å². The quantitative estimate of drug-likeness (QED) is 0.318. The minimum atomic E-state index is -3.36. The summed E-state index contributed by atoms with van der Waals surface area (Å²) in [5.41, 5.74) is 0. The van der Waals surface area contributed by atoms with Gasteiger partial charge in [-0.25, -0.2) is 8.78 Å². The van der Waals surface area contributed by atoms with Gasteiger partial charge in [0.05, 0.1) is 0 Å². The Labute approximate surface area is 141 Å². The predicted octanol–water partition coefficient (Wildman–Crippen LogP) is 0.177. The number of hydrogen-bond donors (Lipinski definition) is 0. The predicted molar refractivity (Wildman–Crippen MR) is 74.3 cm³/mol. The zero-order chi connectivity index (χ0) is 19.7. The van der Waals surface area contributed by atoms with Crippen molar-refractivity contribution in [3.05, 3.63) is 0 Å². The molecule has 0 aliphatic carbocycles. The first-order valence-electron chi connectivity index (χ1n) is 6.91. The third-order valence-corrected chi connectivity index (χ3v) is 2.56. The Balaban J connectivity index is 5.98. The van der Waals surface area contributed by atoms with Crippen LogP contribution in [0.1, 0.15) is 27.7 Å². The molecule has 0 rings (SSSR count). The van der Waals surface area contributed by atoms with Gasteiger partial charge in [-0.1, -0.05) is 0 Å². The average Bonchev–Trinajstić information content (AvgIpc) is 2.45. The van der Waals surface area contributed by atoms with Gasteiger partial charge in [0, 0.05) is 27.7 Å². The summed E-state index contributed by atoms with van der Waals surface area (Å²) in [7, 11) is 0. The van der Waals surface area contributed by atoms with E-state index in [0.29, 0.717) is 0 Å². The number of esters is 4. The van der Waals surface area contributed by atoms with Crippen LogP contribution in [0.15, 0.2) is 0 Å². The number of carbonyl (C=O) groups excluding carboxylic acids is 5. The van der Waals surface area contributed by atoms with Crippen LogP contribution in [0.2, 0.25) is 0 Å². The van der Waals surface area contributed by atoms with Crippen LogP contribution < -0.4 is 0 Å². The van der Waals surface area contributed by atoms with Crippen LogP contribution in [-0.2, 0) is 42.9 Å². The van der Waals surface area contributed by atoms with E-state index < -0.39 is 54.7 Å². The molecule has 0 amide bonds. The second-order valence-electron chi connectivity index (χ2n) is 4.77. The van der Waals surface area contributed by atoms with Crippen LogP contribution in [0.25, 0.3) is 0 Å². The van der Waals surface area contributed by atoms with Crippen molar-refractivity contribution in [3.8, 4) is 0 Å². The van der Waals surface area contributed by atoms with E-state index in [9.17, 15) is 32.8 Å². The third kappa shape index (κ3) is 8.18. The van der Waals surface area contributed by atoms with Crippen molar-refractivity contribution in [2.75, 3.05) is 0 Å². The summed E-state index contributed by atoms with van der Waals surface area (Å²) >= 11 is 0. The fourth-order valence-corrected chi connectivity index (χ4v) is 1.84. The topological polar surface area (TPSA) is 122 Å². The second-order valence-corrected chi connectivity index (χ2v) is 4.77. The average molecular weight is 368 g/mol. The van der Waals surface area contributed by atoms with E-state index in [1.807, 2.05) is 0 Å². The van der Waals surface area contributed by atoms with Crippen molar-refractivity contribution in [1.29, 1.82) is 0 Å². The molecule has 0 heterocycles. The van der Waals surface area contributed by atoms with Crippen LogP contribution in [-0.4, -0.2) is 61.0 Å². The molecular formula is C14H18F2O9. The van der Waals surface area contributed by atoms with E-state index in [1.54, 1.807) is 0 Å². The summed E-state index contributed by atoms with van der Waals surface area (Å²) < 4.78 is 45.0. The lowest BCUT2D eigenvalue weighted by Gasteiger charge is -2.33. The highest BCUT2D eigenvalue weighted by molar-refractivity contribution is 5.72. The fraction of sp³-hybridized carbons (Fsp3) is 0.643. The van der Waals surface area contributed by atoms with E-state index in [-0.39, 0.29) is 6.29 Å². The van der Waals surface area contributed by atoms with Crippen LogP contribution >= 0.6 is 0 Å². The molecule has 25 heavy (non-hydrogen) atoms. The van der Waals surface area contributed by atoms with E-state index in [4.69, 9.17) is 4.74 Å². The van der Waals surface area contributed by atoms with Crippen LogP contribution in [0.4, 0.5) is 8.78 Å². The zero-order valence-corrected chi connectivity index (χ0v) is 13.9. The molecule has 0 N–H and O–H groups in total. The van der Waals surface area contributed by atoms with Crippen molar-refractivity contribution >= 4 is 30.2 Å². The molecule has 0 saturated heterocycles. The Morgan fingerprint density at radius 3 is 1.36 bits per heavy atom. The smallest absolute Gasteiger partial charge is 0.303 e. The molecule has 0 aromatic heterocycles. The number of hydrogen-bond acceptors (Lipinski definition) is 9. The number of carbonyl (C=O) groups is 5. The zero-order valence-electron chi connectivity index (χ0n) is 13.9. The monoisotopic (exact) mass is 368 g/mol. The molecule has 4 atom stereocenters. The summed E-state index contributed by atoms with van der Waals surface area (Å²) in [6, 6.07) is 0. The van der Waals surface area contributed by atoms with Gasteiger partial charge < -0.3 is 18.9 Å². The Morgan fingerprint density at radius 2 is 1.04 bits per heavy atom. The molecule has 0 saturated carbocycles. The van der Waals surface area contributed by atoms with Gasteiger partial charge in [-0.2, -0.15) is 0 Å². The largest absolute Gasteiger partial charge is 0.454 e. The van der Waals surface area contributed by atoms with Crippen molar-refractivity contribution in [2.24, 2.45) is 0 Å². The molecule has 9 nitrogen and oxygen atoms in total. The molecule has 0 aliphatic heterocycles. The number of ether oxygens (including phenoxy) is 4. The minimum absolute atomic E-state index is 0.00179. The van der Waals surface area contributed by atoms with Crippen molar-refractivity contribution in [1.82, 2.24) is 0 Å². The maximum atomic E-state index is 13.3. The summed E-state index contributed by atoms with van der Waals surface area (Å²) in [5, 5.41) is 0. The molecule has 0 spiro atoms. The van der Waals surface area contributed by atoms with Crippen LogP contribution in [0, 0.1) is 0 Å². The van der Waals surface area contributed by atoms with Gasteiger partial charge in [-0.15, -0.1) is 0 Å². The standard InChI is InChI=1S/C14H18F2O9/c1-6(18)22-10(5-17)11(23-7(2)19)12(24-8(3)20)13(14(15)16)25-9(4)21/h5,10-14H,1-4H3/t10-,11+,12+,13-/m0/s1. The first kappa shape index (κ1) is 22.4. The summed E-state index contributed by atoms with van der Waals surface area (Å²) in [5.74, 6) is -4.26. The number of halogens is 2. The Hall–Kier alpha value is -2.59. The van der Waals surface area contributed by atoms with Crippen LogP contribution in [0.5, 0.6) is 0 Å². The lowest BCUT2D eigenvalue weighted by atomic mass is 10.0. The lowest BCUT2D eigenvalue weighted by Crippen LogP contribution is -2.54. The van der Waals surface area contributed by atoms with Gasteiger partial charge in [0.1, 0.15) is 0 Å². The Morgan fingerprint density at radius 1 is 0.680 bits per heavy atom. The maximum Gasteiger partial charge on any atom is 0.303 e. The van der Waals surface area contributed by atoms with Crippen LogP contribution in [0.3, 0.4) is 0 Å². The molecule has 0 aromatic carbocycles. The highest BCUT2D eigenvalue weighted by Gasteiger charge is 2.47. The van der Waals surface area contributed by atoms with E-state index in [2.05, 4.69) is 14.2 Å². The lowest BCUT2D eigenvalue weighted by molar-refractivity contribution is -0.207. The molecule has 0 bridgehead atoms. The van der Waals surface area contributed by atoms with E-state index in [1.165, 1.54) is 0 Å². The Kier molecular flexibility index (Phi) is 9.24. The molecule has 0 radical (unpaired) electrons. The van der Waals surface area contributed by atoms with Gasteiger partial charge >= 0.3 is 23.9 Å². The van der Waals surface area contributed by atoms with Gasteiger partial charge in [0.2, 0.25) is 6.10 Å². The number of alkyl halides is 2. The molecule has 11 heteroatoms. The third-order valence-electron chi connectivity index (χ3n) is 2.56. The van der Waals surface area contributed by atoms with Crippen molar-refractivity contribution in [2.45, 2.75) is 58.5 Å². The summed E-state index contributed by atoms with van der Waals surface area (Å²) in [4.78, 5) is 55.8. The highest BCUT2D eigenvalue weighted by atomic mass is 19.3.